The Balaban J connectivity index is 1.89. The predicted molar refractivity (Wildman–Crippen MR) is 92.7 cm³/mol. The normalized spacial score (nSPS) is 9.64. The Morgan fingerprint density at radius 2 is 1.41 bits per heavy atom. The van der Waals surface area contributed by atoms with E-state index in [0.29, 0.717) is 0 Å². The van der Waals surface area contributed by atoms with Crippen LogP contribution in [0.2, 0.25) is 0 Å². The smallest absolute Gasteiger partial charge is 0.116 e. The van der Waals surface area contributed by atoms with E-state index in [9.17, 15) is 5.11 Å². The van der Waals surface area contributed by atoms with Gasteiger partial charge in [0.2, 0.25) is 0 Å². The van der Waals surface area contributed by atoms with Crippen LogP contribution >= 0.6 is 12.2 Å². The summed E-state index contributed by atoms with van der Waals surface area (Å²) in [6.07, 6.45) is 0. The van der Waals surface area contributed by atoms with Crippen molar-refractivity contribution >= 4 is 33.8 Å². The molecule has 0 atom stereocenters. The zero-order valence-corrected chi connectivity index (χ0v) is 12.4. The van der Waals surface area contributed by atoms with E-state index < -0.39 is 0 Å². The van der Waals surface area contributed by atoms with Crippen molar-refractivity contribution in [2.75, 3.05) is 0 Å². The Kier molecular flexibility index (Phi) is 3.98. The standard InChI is InChI=1S/C19H11NOS/c21-19-10-7-16-11-15(3-6-17(16)12-19)2-1-14-4-8-18(9-5-14)20-13-22/h3-12,21H. The van der Waals surface area contributed by atoms with Crippen LogP contribution in [0.5, 0.6) is 5.75 Å². The van der Waals surface area contributed by atoms with Gasteiger partial charge in [0.1, 0.15) is 5.75 Å². The molecule has 1 N–H and O–H groups in total. The SMILES string of the molecule is Oc1ccc2cc(C#Cc3ccc(N=C=S)cc3)ccc2c1. The van der Waals surface area contributed by atoms with Gasteiger partial charge in [0.15, 0.2) is 0 Å². The fourth-order valence-corrected chi connectivity index (χ4v) is 2.23. The average molecular weight is 301 g/mol. The maximum atomic E-state index is 9.47. The van der Waals surface area contributed by atoms with E-state index in [0.717, 1.165) is 27.6 Å². The number of benzene rings is 3. The van der Waals surface area contributed by atoms with Gasteiger partial charge >= 0.3 is 0 Å². The fraction of sp³-hybridized carbons (Fsp3) is 0. The summed E-state index contributed by atoms with van der Waals surface area (Å²) < 4.78 is 0. The number of aromatic hydroxyl groups is 1. The summed E-state index contributed by atoms with van der Waals surface area (Å²) in [5.74, 6) is 6.53. The molecule has 3 heteroatoms. The van der Waals surface area contributed by atoms with Gasteiger partial charge in [0.25, 0.3) is 0 Å². The van der Waals surface area contributed by atoms with E-state index in [-0.39, 0.29) is 5.75 Å². The van der Waals surface area contributed by atoms with Crippen molar-refractivity contribution in [2.24, 2.45) is 4.99 Å². The van der Waals surface area contributed by atoms with Gasteiger partial charge in [-0.1, -0.05) is 24.0 Å². The number of rotatable bonds is 1. The van der Waals surface area contributed by atoms with Crippen molar-refractivity contribution in [3.05, 3.63) is 71.8 Å². The number of phenolic OH excluding ortho intramolecular Hbond substituents is 1. The van der Waals surface area contributed by atoms with Gasteiger partial charge in [-0.05, 0) is 71.5 Å². The number of fused-ring (bicyclic) bond motifs is 1. The van der Waals surface area contributed by atoms with Gasteiger partial charge in [0.05, 0.1) is 10.8 Å². The monoisotopic (exact) mass is 301 g/mol. The molecule has 0 amide bonds. The summed E-state index contributed by atoms with van der Waals surface area (Å²) in [5, 5.41) is 13.8. The van der Waals surface area contributed by atoms with Gasteiger partial charge < -0.3 is 5.11 Å². The molecule has 2 nitrogen and oxygen atoms in total. The summed E-state index contributed by atoms with van der Waals surface area (Å²) in [7, 11) is 0. The maximum Gasteiger partial charge on any atom is 0.116 e. The van der Waals surface area contributed by atoms with Crippen LogP contribution in [-0.4, -0.2) is 10.3 Å². The van der Waals surface area contributed by atoms with Crippen molar-refractivity contribution in [3.8, 4) is 17.6 Å². The van der Waals surface area contributed by atoms with E-state index in [1.54, 1.807) is 12.1 Å². The molecule has 0 aliphatic carbocycles. The molecule has 0 bridgehead atoms. The first-order valence-electron chi connectivity index (χ1n) is 6.67. The fourth-order valence-electron chi connectivity index (χ4n) is 2.13. The van der Waals surface area contributed by atoms with Crippen LogP contribution in [0.4, 0.5) is 5.69 Å². The minimum absolute atomic E-state index is 0.269. The highest BCUT2D eigenvalue weighted by Crippen LogP contribution is 2.20. The van der Waals surface area contributed by atoms with E-state index in [1.807, 2.05) is 48.5 Å². The zero-order valence-electron chi connectivity index (χ0n) is 11.6. The van der Waals surface area contributed by atoms with Crippen LogP contribution in [0.25, 0.3) is 10.8 Å². The van der Waals surface area contributed by atoms with Crippen LogP contribution in [-0.2, 0) is 0 Å². The van der Waals surface area contributed by atoms with E-state index >= 15 is 0 Å². The second-order valence-electron chi connectivity index (χ2n) is 4.75. The summed E-state index contributed by atoms with van der Waals surface area (Å²) >= 11 is 4.57. The van der Waals surface area contributed by atoms with Gasteiger partial charge in [-0.25, -0.2) is 0 Å². The number of phenols is 1. The first-order valence-corrected chi connectivity index (χ1v) is 7.08. The number of aliphatic imine (C=N–C) groups is 1. The van der Waals surface area contributed by atoms with Crippen LogP contribution in [0.15, 0.2) is 65.7 Å². The van der Waals surface area contributed by atoms with Crippen molar-refractivity contribution in [1.29, 1.82) is 0 Å². The van der Waals surface area contributed by atoms with Crippen LogP contribution in [0, 0.1) is 11.8 Å². The molecular weight excluding hydrogens is 290 g/mol. The summed E-state index contributed by atoms with van der Waals surface area (Å²) in [4.78, 5) is 3.90. The molecule has 0 aromatic heterocycles. The Morgan fingerprint density at radius 3 is 2.18 bits per heavy atom. The predicted octanol–water partition coefficient (Wildman–Crippen LogP) is 4.68. The average Bonchev–Trinajstić information content (AvgIpc) is 2.54. The molecule has 22 heavy (non-hydrogen) atoms. The lowest BCUT2D eigenvalue weighted by Gasteiger charge is -1.99. The molecule has 3 aromatic rings. The minimum Gasteiger partial charge on any atom is -0.508 e. The van der Waals surface area contributed by atoms with Gasteiger partial charge in [-0.2, -0.15) is 4.99 Å². The van der Waals surface area contributed by atoms with E-state index in [2.05, 4.69) is 34.2 Å². The molecule has 0 spiro atoms. The highest BCUT2D eigenvalue weighted by atomic mass is 32.1. The first kappa shape index (κ1) is 14.0. The van der Waals surface area contributed by atoms with Crippen molar-refractivity contribution in [3.63, 3.8) is 0 Å². The van der Waals surface area contributed by atoms with Crippen molar-refractivity contribution in [2.45, 2.75) is 0 Å². The Hall–Kier alpha value is -2.92. The van der Waals surface area contributed by atoms with Crippen LogP contribution in [0.1, 0.15) is 11.1 Å². The van der Waals surface area contributed by atoms with Gasteiger partial charge in [-0.15, -0.1) is 0 Å². The Morgan fingerprint density at radius 1 is 0.773 bits per heavy atom. The number of hydrogen-bond acceptors (Lipinski definition) is 3. The zero-order chi connectivity index (χ0) is 15.4. The van der Waals surface area contributed by atoms with Crippen LogP contribution < -0.4 is 0 Å². The van der Waals surface area contributed by atoms with Crippen LogP contribution in [0.3, 0.4) is 0 Å². The molecule has 0 aliphatic heterocycles. The van der Waals surface area contributed by atoms with Gasteiger partial charge in [0, 0.05) is 11.1 Å². The Bertz CT molecular complexity index is 943. The molecular formula is C19H11NOS. The van der Waals surface area contributed by atoms with Crippen molar-refractivity contribution in [1.82, 2.24) is 0 Å². The minimum atomic E-state index is 0.269. The first-order chi connectivity index (χ1) is 10.7. The number of isothiocyanates is 1. The second kappa shape index (κ2) is 6.24. The molecule has 3 aromatic carbocycles. The molecule has 0 radical (unpaired) electrons. The summed E-state index contributed by atoms with van der Waals surface area (Å²) in [6.45, 7) is 0. The Labute approximate surface area is 133 Å². The number of thiocarbonyl (C=S) groups is 1. The molecule has 0 fully saturated rings. The highest BCUT2D eigenvalue weighted by molar-refractivity contribution is 7.78. The molecule has 0 heterocycles. The largest absolute Gasteiger partial charge is 0.508 e. The molecule has 3 rings (SSSR count). The quantitative estimate of drug-likeness (QED) is 0.402. The number of nitrogens with zero attached hydrogens (tertiary/aromatic N) is 1. The highest BCUT2D eigenvalue weighted by Gasteiger charge is 1.96. The lowest BCUT2D eigenvalue weighted by atomic mass is 10.1. The molecule has 0 aliphatic rings. The summed E-state index contributed by atoms with van der Waals surface area (Å²) in [6, 6.07) is 18.7. The lowest BCUT2D eigenvalue weighted by molar-refractivity contribution is 0.476. The third kappa shape index (κ3) is 3.21. The van der Waals surface area contributed by atoms with Gasteiger partial charge in [-0.3, -0.25) is 0 Å². The molecule has 0 saturated heterocycles. The lowest BCUT2D eigenvalue weighted by Crippen LogP contribution is -1.78. The van der Waals surface area contributed by atoms with Crippen molar-refractivity contribution < 1.29 is 5.11 Å². The molecule has 0 unspecified atom stereocenters. The molecule has 104 valence electrons. The summed E-state index contributed by atoms with van der Waals surface area (Å²) in [5.41, 5.74) is 2.61. The third-order valence-corrected chi connectivity index (χ3v) is 3.31. The number of hydrogen-bond donors (Lipinski definition) is 1. The molecule has 0 saturated carbocycles. The maximum absolute atomic E-state index is 9.47. The van der Waals surface area contributed by atoms with E-state index in [4.69, 9.17) is 0 Å². The topological polar surface area (TPSA) is 32.6 Å². The third-order valence-electron chi connectivity index (χ3n) is 3.22. The second-order valence-corrected chi connectivity index (χ2v) is 4.93. The van der Waals surface area contributed by atoms with E-state index in [1.165, 1.54) is 0 Å².